The molecule has 1 saturated carbocycles. The van der Waals surface area contributed by atoms with E-state index in [9.17, 15) is 0 Å². The van der Waals surface area contributed by atoms with Crippen molar-refractivity contribution in [3.05, 3.63) is 21.1 Å². The van der Waals surface area contributed by atoms with E-state index in [2.05, 4.69) is 54.2 Å². The molecule has 0 spiro atoms. The Kier molecular flexibility index (Phi) is 4.58. The van der Waals surface area contributed by atoms with Gasteiger partial charge < -0.3 is 15.0 Å². The molecule has 1 aromatic rings. The highest BCUT2D eigenvalue weighted by atomic mass is 79.9. The second-order valence-electron chi connectivity index (χ2n) is 5.66. The second-order valence-corrected chi connectivity index (χ2v) is 7.37. The lowest BCUT2D eigenvalue weighted by atomic mass is 10.0. The maximum Gasteiger partial charge on any atom is 0.135 e. The molecule has 1 aliphatic carbocycles. The van der Waals surface area contributed by atoms with Crippen molar-refractivity contribution < 1.29 is 4.74 Å². The van der Waals surface area contributed by atoms with Gasteiger partial charge in [-0.25, -0.2) is 0 Å². The fourth-order valence-corrected chi connectivity index (χ4v) is 4.24. The van der Waals surface area contributed by atoms with Gasteiger partial charge in [-0.1, -0.05) is 0 Å². The van der Waals surface area contributed by atoms with Crippen LogP contribution in [0.1, 0.15) is 25.7 Å². The number of benzene rings is 1. The van der Waals surface area contributed by atoms with Crippen LogP contribution in [0.4, 0.5) is 5.69 Å². The Hall–Kier alpha value is -0.260. The maximum atomic E-state index is 5.42. The standard InChI is InChI=1S/C15H20Br2N2O/c1-20-15-8-14(12(16)7-13(15)17)19-6-2-3-11(9-19)18-10-4-5-10/h7-8,10-11,18H,2-6,9H2,1H3. The van der Waals surface area contributed by atoms with Gasteiger partial charge in [0.25, 0.3) is 0 Å². The molecule has 0 amide bonds. The van der Waals surface area contributed by atoms with Gasteiger partial charge >= 0.3 is 0 Å². The normalized spacial score (nSPS) is 22.9. The van der Waals surface area contributed by atoms with Crippen molar-refractivity contribution in [2.45, 2.75) is 37.8 Å². The third kappa shape index (κ3) is 3.31. The van der Waals surface area contributed by atoms with Gasteiger partial charge in [-0.15, -0.1) is 0 Å². The van der Waals surface area contributed by atoms with Gasteiger partial charge in [0, 0.05) is 35.7 Å². The summed E-state index contributed by atoms with van der Waals surface area (Å²) < 4.78 is 7.53. The lowest BCUT2D eigenvalue weighted by molar-refractivity contribution is 0.408. The third-order valence-corrected chi connectivity index (χ3v) is 5.29. The monoisotopic (exact) mass is 402 g/mol. The van der Waals surface area contributed by atoms with Crippen molar-refractivity contribution in [1.82, 2.24) is 5.32 Å². The molecule has 1 aromatic carbocycles. The first-order valence-corrected chi connectivity index (χ1v) is 8.80. The molecule has 3 rings (SSSR count). The molecular weight excluding hydrogens is 384 g/mol. The molecule has 2 aliphatic rings. The lowest BCUT2D eigenvalue weighted by Gasteiger charge is -2.35. The van der Waals surface area contributed by atoms with Crippen LogP contribution in [0.2, 0.25) is 0 Å². The van der Waals surface area contributed by atoms with Gasteiger partial charge in [-0.3, -0.25) is 0 Å². The van der Waals surface area contributed by atoms with Crippen molar-refractivity contribution >= 4 is 37.5 Å². The van der Waals surface area contributed by atoms with E-state index < -0.39 is 0 Å². The quantitative estimate of drug-likeness (QED) is 0.823. The van der Waals surface area contributed by atoms with Gasteiger partial charge in [0.2, 0.25) is 0 Å². The summed E-state index contributed by atoms with van der Waals surface area (Å²) in [7, 11) is 1.71. The highest BCUT2D eigenvalue weighted by molar-refractivity contribution is 9.11. The Morgan fingerprint density at radius 3 is 2.65 bits per heavy atom. The molecule has 1 heterocycles. The highest BCUT2D eigenvalue weighted by Gasteiger charge is 2.28. The molecule has 0 aromatic heterocycles. The van der Waals surface area contributed by atoms with E-state index in [-0.39, 0.29) is 0 Å². The number of rotatable bonds is 4. The summed E-state index contributed by atoms with van der Waals surface area (Å²) >= 11 is 7.21. The molecule has 110 valence electrons. The number of hydrogen-bond acceptors (Lipinski definition) is 3. The van der Waals surface area contributed by atoms with Gasteiger partial charge in [0.1, 0.15) is 5.75 Å². The Bertz CT molecular complexity index is 491. The van der Waals surface area contributed by atoms with Crippen molar-refractivity contribution in [1.29, 1.82) is 0 Å². The van der Waals surface area contributed by atoms with E-state index in [1.54, 1.807) is 7.11 Å². The molecule has 5 heteroatoms. The Morgan fingerprint density at radius 1 is 1.15 bits per heavy atom. The Morgan fingerprint density at radius 2 is 1.95 bits per heavy atom. The minimum absolute atomic E-state index is 0.623. The van der Waals surface area contributed by atoms with Crippen molar-refractivity contribution in [2.75, 3.05) is 25.1 Å². The number of anilines is 1. The molecule has 1 saturated heterocycles. The zero-order valence-electron chi connectivity index (χ0n) is 11.7. The van der Waals surface area contributed by atoms with Crippen molar-refractivity contribution in [3.8, 4) is 5.75 Å². The van der Waals surface area contributed by atoms with Crippen LogP contribution in [-0.2, 0) is 0 Å². The molecule has 0 radical (unpaired) electrons. The number of ether oxygens (including phenoxy) is 1. The average molecular weight is 404 g/mol. The molecule has 1 unspecified atom stereocenters. The predicted molar refractivity (Wildman–Crippen MR) is 89.8 cm³/mol. The topological polar surface area (TPSA) is 24.5 Å². The smallest absolute Gasteiger partial charge is 0.135 e. The van der Waals surface area contributed by atoms with Crippen LogP contribution in [0.15, 0.2) is 21.1 Å². The molecular formula is C15H20Br2N2O. The van der Waals surface area contributed by atoms with Crippen LogP contribution in [0.3, 0.4) is 0 Å². The fraction of sp³-hybridized carbons (Fsp3) is 0.600. The summed E-state index contributed by atoms with van der Waals surface area (Å²) in [6.07, 6.45) is 5.24. The number of hydrogen-bond donors (Lipinski definition) is 1. The molecule has 1 N–H and O–H groups in total. The van der Waals surface area contributed by atoms with Gasteiger partial charge in [0.05, 0.1) is 17.3 Å². The second kappa shape index (κ2) is 6.24. The molecule has 2 fully saturated rings. The summed E-state index contributed by atoms with van der Waals surface area (Å²) in [6, 6.07) is 5.60. The minimum atomic E-state index is 0.623. The zero-order chi connectivity index (χ0) is 14.1. The average Bonchev–Trinajstić information content (AvgIpc) is 3.23. The van der Waals surface area contributed by atoms with E-state index >= 15 is 0 Å². The SMILES string of the molecule is COc1cc(N2CCCC(NC3CC3)C2)c(Br)cc1Br. The molecule has 1 aliphatic heterocycles. The van der Waals surface area contributed by atoms with E-state index in [0.29, 0.717) is 6.04 Å². The largest absolute Gasteiger partial charge is 0.495 e. The zero-order valence-corrected chi connectivity index (χ0v) is 14.8. The predicted octanol–water partition coefficient (Wildman–Crippen LogP) is 3.94. The third-order valence-electron chi connectivity index (χ3n) is 4.03. The maximum absolute atomic E-state index is 5.42. The summed E-state index contributed by atoms with van der Waals surface area (Å²) in [4.78, 5) is 2.46. The van der Waals surface area contributed by atoms with Crippen LogP contribution < -0.4 is 15.0 Å². The van der Waals surface area contributed by atoms with Gasteiger partial charge in [-0.2, -0.15) is 0 Å². The van der Waals surface area contributed by atoms with E-state index in [1.165, 1.54) is 31.4 Å². The molecule has 20 heavy (non-hydrogen) atoms. The van der Waals surface area contributed by atoms with Crippen LogP contribution in [-0.4, -0.2) is 32.3 Å². The fourth-order valence-electron chi connectivity index (χ4n) is 2.83. The summed E-state index contributed by atoms with van der Waals surface area (Å²) in [6.45, 7) is 2.20. The van der Waals surface area contributed by atoms with Crippen LogP contribution in [0.5, 0.6) is 5.75 Å². The first-order chi connectivity index (χ1) is 9.67. The number of piperidine rings is 1. The first-order valence-electron chi connectivity index (χ1n) is 7.21. The number of nitrogens with one attached hydrogen (secondary N) is 1. The van der Waals surface area contributed by atoms with E-state index in [0.717, 1.165) is 33.8 Å². The van der Waals surface area contributed by atoms with Crippen LogP contribution in [0.25, 0.3) is 0 Å². The van der Waals surface area contributed by atoms with Crippen LogP contribution >= 0.6 is 31.9 Å². The molecule has 3 nitrogen and oxygen atoms in total. The van der Waals surface area contributed by atoms with Crippen molar-refractivity contribution in [3.63, 3.8) is 0 Å². The molecule has 0 bridgehead atoms. The highest BCUT2D eigenvalue weighted by Crippen LogP contribution is 2.37. The Balaban J connectivity index is 1.76. The Labute approximate surface area is 137 Å². The number of methoxy groups -OCH3 is 1. The van der Waals surface area contributed by atoms with Gasteiger partial charge in [-0.05, 0) is 63.6 Å². The summed E-state index contributed by atoms with van der Waals surface area (Å²) in [5.41, 5.74) is 1.23. The first kappa shape index (κ1) is 14.7. The van der Waals surface area contributed by atoms with Crippen molar-refractivity contribution in [2.24, 2.45) is 0 Å². The van der Waals surface area contributed by atoms with Crippen LogP contribution in [0, 0.1) is 0 Å². The van der Waals surface area contributed by atoms with E-state index in [1.807, 2.05) is 0 Å². The number of halogens is 2. The van der Waals surface area contributed by atoms with E-state index in [4.69, 9.17) is 4.74 Å². The summed E-state index contributed by atoms with van der Waals surface area (Å²) in [5, 5.41) is 3.75. The minimum Gasteiger partial charge on any atom is -0.495 e. The summed E-state index contributed by atoms with van der Waals surface area (Å²) in [5.74, 6) is 0.889. The number of nitrogens with zero attached hydrogens (tertiary/aromatic N) is 1. The molecule has 1 atom stereocenters. The lowest BCUT2D eigenvalue weighted by Crippen LogP contribution is -2.46. The van der Waals surface area contributed by atoms with Gasteiger partial charge in [0.15, 0.2) is 0 Å².